The minimum atomic E-state index is -0.584. The van der Waals surface area contributed by atoms with Crippen LogP contribution >= 0.6 is 0 Å². The lowest BCUT2D eigenvalue weighted by Crippen LogP contribution is -2.44. The van der Waals surface area contributed by atoms with Gasteiger partial charge in [0.25, 0.3) is 0 Å². The standard InChI is InChI=1S/C15H25N3O3/c1-18(9-10-21-2)8-7-17-15(20)14(16)11-12-3-5-13(19)6-4-12/h3-6,14,19H,7-11,16H2,1-2H3,(H,17,20)/t14-/m0/s1. The van der Waals surface area contributed by atoms with Gasteiger partial charge in [0, 0.05) is 26.7 Å². The summed E-state index contributed by atoms with van der Waals surface area (Å²) in [4.78, 5) is 14.0. The number of methoxy groups -OCH3 is 1. The number of hydrogen-bond acceptors (Lipinski definition) is 5. The van der Waals surface area contributed by atoms with E-state index in [-0.39, 0.29) is 11.7 Å². The van der Waals surface area contributed by atoms with Crippen molar-refractivity contribution in [2.45, 2.75) is 12.5 Å². The number of rotatable bonds is 9. The summed E-state index contributed by atoms with van der Waals surface area (Å²) in [7, 11) is 3.64. The number of likely N-dealkylation sites (N-methyl/N-ethyl adjacent to an activating group) is 1. The average Bonchev–Trinajstić information content (AvgIpc) is 2.47. The normalized spacial score (nSPS) is 12.4. The van der Waals surface area contributed by atoms with Crippen molar-refractivity contribution in [3.8, 4) is 5.75 Å². The van der Waals surface area contributed by atoms with Crippen LogP contribution in [0, 0.1) is 0 Å². The third-order valence-electron chi connectivity index (χ3n) is 3.20. The molecule has 1 rings (SSSR count). The lowest BCUT2D eigenvalue weighted by Gasteiger charge is -2.17. The molecule has 0 aliphatic heterocycles. The Kier molecular flexibility index (Phi) is 7.74. The number of hydrogen-bond donors (Lipinski definition) is 3. The zero-order valence-electron chi connectivity index (χ0n) is 12.7. The molecule has 21 heavy (non-hydrogen) atoms. The Morgan fingerprint density at radius 1 is 1.38 bits per heavy atom. The Labute approximate surface area is 125 Å². The van der Waals surface area contributed by atoms with Crippen molar-refractivity contribution in [1.29, 1.82) is 0 Å². The third kappa shape index (κ3) is 7.08. The average molecular weight is 295 g/mol. The summed E-state index contributed by atoms with van der Waals surface area (Å²) in [6, 6.07) is 6.12. The van der Waals surface area contributed by atoms with E-state index in [2.05, 4.69) is 10.2 Å². The molecule has 0 aliphatic carbocycles. The van der Waals surface area contributed by atoms with Crippen molar-refractivity contribution in [2.24, 2.45) is 5.73 Å². The van der Waals surface area contributed by atoms with E-state index in [0.717, 1.165) is 18.7 Å². The van der Waals surface area contributed by atoms with Crippen molar-refractivity contribution in [1.82, 2.24) is 10.2 Å². The molecule has 0 aromatic heterocycles. The smallest absolute Gasteiger partial charge is 0.237 e. The van der Waals surface area contributed by atoms with Gasteiger partial charge in [-0.3, -0.25) is 4.79 Å². The largest absolute Gasteiger partial charge is 0.508 e. The van der Waals surface area contributed by atoms with Gasteiger partial charge in [0.05, 0.1) is 12.6 Å². The van der Waals surface area contributed by atoms with Gasteiger partial charge in [-0.25, -0.2) is 0 Å². The van der Waals surface area contributed by atoms with E-state index in [0.29, 0.717) is 19.6 Å². The van der Waals surface area contributed by atoms with Crippen LogP contribution in [0.1, 0.15) is 5.56 Å². The Bertz CT molecular complexity index is 423. The molecule has 4 N–H and O–H groups in total. The van der Waals surface area contributed by atoms with Gasteiger partial charge in [0.1, 0.15) is 5.75 Å². The number of carbonyl (C=O) groups excluding carboxylic acids is 1. The first-order valence-electron chi connectivity index (χ1n) is 7.01. The zero-order valence-corrected chi connectivity index (χ0v) is 12.7. The Morgan fingerprint density at radius 2 is 2.05 bits per heavy atom. The summed E-state index contributed by atoms with van der Waals surface area (Å²) in [6.07, 6.45) is 0.450. The van der Waals surface area contributed by atoms with Crippen molar-refractivity contribution in [3.05, 3.63) is 29.8 Å². The number of nitrogens with two attached hydrogens (primary N) is 1. The Morgan fingerprint density at radius 3 is 2.67 bits per heavy atom. The molecule has 0 unspecified atom stereocenters. The van der Waals surface area contributed by atoms with Crippen LogP contribution in [-0.4, -0.2) is 62.4 Å². The quantitative estimate of drug-likeness (QED) is 0.595. The molecule has 0 aliphatic rings. The topological polar surface area (TPSA) is 87.8 Å². The lowest BCUT2D eigenvalue weighted by atomic mass is 10.1. The highest BCUT2D eigenvalue weighted by molar-refractivity contribution is 5.81. The van der Waals surface area contributed by atoms with E-state index < -0.39 is 6.04 Å². The van der Waals surface area contributed by atoms with Crippen LogP contribution in [0.15, 0.2) is 24.3 Å². The molecule has 118 valence electrons. The summed E-state index contributed by atoms with van der Waals surface area (Å²) in [6.45, 7) is 2.81. The van der Waals surface area contributed by atoms with Crippen molar-refractivity contribution >= 4 is 5.91 Å². The molecule has 6 nitrogen and oxygen atoms in total. The number of amides is 1. The van der Waals surface area contributed by atoms with Gasteiger partial charge in [-0.05, 0) is 31.2 Å². The van der Waals surface area contributed by atoms with Crippen molar-refractivity contribution in [3.63, 3.8) is 0 Å². The Hall–Kier alpha value is -1.63. The van der Waals surface area contributed by atoms with E-state index in [9.17, 15) is 9.90 Å². The van der Waals surface area contributed by atoms with Crippen LogP contribution < -0.4 is 11.1 Å². The molecule has 1 amide bonds. The highest BCUT2D eigenvalue weighted by atomic mass is 16.5. The molecule has 1 aromatic carbocycles. The van der Waals surface area contributed by atoms with Crippen LogP contribution in [0.2, 0.25) is 0 Å². The molecule has 0 saturated heterocycles. The fourth-order valence-electron chi connectivity index (χ4n) is 1.84. The molecular formula is C15H25N3O3. The van der Waals surface area contributed by atoms with Gasteiger partial charge in [-0.15, -0.1) is 0 Å². The number of nitrogens with one attached hydrogen (secondary N) is 1. The second-order valence-electron chi connectivity index (χ2n) is 5.06. The molecule has 0 heterocycles. The first-order valence-corrected chi connectivity index (χ1v) is 7.01. The molecule has 1 atom stereocenters. The summed E-state index contributed by atoms with van der Waals surface area (Å²) < 4.78 is 4.99. The first kappa shape index (κ1) is 17.4. The molecule has 0 saturated carbocycles. The number of benzene rings is 1. The monoisotopic (exact) mass is 295 g/mol. The van der Waals surface area contributed by atoms with E-state index >= 15 is 0 Å². The third-order valence-corrected chi connectivity index (χ3v) is 3.20. The predicted molar refractivity (Wildman–Crippen MR) is 82.2 cm³/mol. The van der Waals surface area contributed by atoms with Gasteiger partial charge in [0.15, 0.2) is 0 Å². The fraction of sp³-hybridized carbons (Fsp3) is 0.533. The van der Waals surface area contributed by atoms with Crippen LogP contribution in [0.25, 0.3) is 0 Å². The molecular weight excluding hydrogens is 270 g/mol. The number of phenolic OH excluding ortho intramolecular Hbond substituents is 1. The lowest BCUT2D eigenvalue weighted by molar-refractivity contribution is -0.122. The highest BCUT2D eigenvalue weighted by Crippen LogP contribution is 2.10. The van der Waals surface area contributed by atoms with Crippen molar-refractivity contribution < 1.29 is 14.6 Å². The van der Waals surface area contributed by atoms with E-state index in [1.807, 2.05) is 7.05 Å². The molecule has 6 heteroatoms. The summed E-state index contributed by atoms with van der Waals surface area (Å²) in [5, 5.41) is 12.0. The van der Waals surface area contributed by atoms with E-state index in [1.165, 1.54) is 0 Å². The number of nitrogens with zero attached hydrogens (tertiary/aromatic N) is 1. The second-order valence-corrected chi connectivity index (χ2v) is 5.06. The number of ether oxygens (including phenoxy) is 1. The van der Waals surface area contributed by atoms with Crippen LogP contribution in [-0.2, 0) is 16.0 Å². The first-order chi connectivity index (χ1) is 10.0. The maximum atomic E-state index is 11.9. The number of phenols is 1. The van der Waals surface area contributed by atoms with E-state index in [4.69, 9.17) is 10.5 Å². The molecule has 0 bridgehead atoms. The summed E-state index contributed by atoms with van der Waals surface area (Å²) >= 11 is 0. The summed E-state index contributed by atoms with van der Waals surface area (Å²) in [5.41, 5.74) is 6.80. The van der Waals surface area contributed by atoms with Crippen LogP contribution in [0.5, 0.6) is 5.75 Å². The van der Waals surface area contributed by atoms with Gasteiger partial charge in [-0.2, -0.15) is 0 Å². The van der Waals surface area contributed by atoms with Crippen LogP contribution in [0.3, 0.4) is 0 Å². The van der Waals surface area contributed by atoms with Crippen LogP contribution in [0.4, 0.5) is 0 Å². The second kappa shape index (κ2) is 9.33. The zero-order chi connectivity index (χ0) is 15.7. The maximum absolute atomic E-state index is 11.9. The maximum Gasteiger partial charge on any atom is 0.237 e. The number of aromatic hydroxyl groups is 1. The van der Waals surface area contributed by atoms with Crippen molar-refractivity contribution in [2.75, 3.05) is 40.4 Å². The molecule has 0 radical (unpaired) electrons. The summed E-state index contributed by atoms with van der Waals surface area (Å²) in [5.74, 6) is 0.0408. The van der Waals surface area contributed by atoms with Gasteiger partial charge < -0.3 is 25.8 Å². The number of carbonyl (C=O) groups is 1. The highest BCUT2D eigenvalue weighted by Gasteiger charge is 2.13. The SMILES string of the molecule is COCCN(C)CCNC(=O)[C@@H](N)Cc1ccc(O)cc1. The molecule has 0 spiro atoms. The van der Waals surface area contributed by atoms with Gasteiger partial charge in [-0.1, -0.05) is 12.1 Å². The minimum Gasteiger partial charge on any atom is -0.508 e. The Balaban J connectivity index is 2.26. The minimum absolute atomic E-state index is 0.164. The van der Waals surface area contributed by atoms with E-state index in [1.54, 1.807) is 31.4 Å². The molecule has 1 aromatic rings. The predicted octanol–water partition coefficient (Wildman–Crippen LogP) is -0.0436. The van der Waals surface area contributed by atoms with Gasteiger partial charge in [0.2, 0.25) is 5.91 Å². The molecule has 0 fully saturated rings. The van der Waals surface area contributed by atoms with Gasteiger partial charge >= 0.3 is 0 Å². The fourth-order valence-corrected chi connectivity index (χ4v) is 1.84.